The van der Waals surface area contributed by atoms with E-state index in [4.69, 9.17) is 5.84 Å². The third-order valence-corrected chi connectivity index (χ3v) is 3.90. The van der Waals surface area contributed by atoms with Crippen LogP contribution < -0.4 is 16.2 Å². The second-order valence-electron chi connectivity index (χ2n) is 4.54. The number of nitrogens with one attached hydrogen (secondary N) is 1. The largest absolute Gasteiger partial charge is 0.329 e. The Morgan fingerprint density at radius 3 is 2.52 bits per heavy atom. The zero-order chi connectivity index (χ0) is 14.8. The van der Waals surface area contributed by atoms with Crippen molar-refractivity contribution in [3.05, 3.63) is 53.0 Å². The molecule has 0 aliphatic rings. The van der Waals surface area contributed by atoms with Crippen molar-refractivity contribution in [2.45, 2.75) is 0 Å². The molecular weight excluding hydrogens is 330 g/mol. The molecule has 0 aliphatic carbocycles. The molecule has 0 saturated heterocycles. The molecule has 0 unspecified atom stereocenters. The standard InChI is InChI=1S/C15H14BrN5/c1-21(10-6-3-2-4-7-10)14-13-11(16)8-5-9-12(13)18-15(19-14)20-17/h2-9H,17H2,1H3,(H,18,19,20). The minimum Gasteiger partial charge on any atom is -0.329 e. The highest BCUT2D eigenvalue weighted by Crippen LogP contribution is 2.34. The van der Waals surface area contributed by atoms with Crippen LogP contribution in [0.15, 0.2) is 53.0 Å². The minimum absolute atomic E-state index is 0.387. The Morgan fingerprint density at radius 1 is 1.05 bits per heavy atom. The molecule has 1 aromatic heterocycles. The van der Waals surface area contributed by atoms with E-state index < -0.39 is 0 Å². The lowest BCUT2D eigenvalue weighted by Gasteiger charge is -2.21. The van der Waals surface area contributed by atoms with Crippen LogP contribution in [0.4, 0.5) is 17.5 Å². The van der Waals surface area contributed by atoms with Crippen LogP contribution in [0.3, 0.4) is 0 Å². The average Bonchev–Trinajstić information content (AvgIpc) is 2.54. The van der Waals surface area contributed by atoms with Crippen molar-refractivity contribution in [2.75, 3.05) is 17.4 Å². The second kappa shape index (κ2) is 5.67. The first-order chi connectivity index (χ1) is 10.2. The first-order valence-corrected chi connectivity index (χ1v) is 7.21. The van der Waals surface area contributed by atoms with E-state index in [0.29, 0.717) is 5.95 Å². The molecule has 0 saturated carbocycles. The van der Waals surface area contributed by atoms with Crippen LogP contribution in [0.2, 0.25) is 0 Å². The maximum atomic E-state index is 5.48. The normalized spacial score (nSPS) is 10.6. The van der Waals surface area contributed by atoms with Gasteiger partial charge in [-0.1, -0.05) is 24.3 Å². The highest BCUT2D eigenvalue weighted by molar-refractivity contribution is 9.10. The summed E-state index contributed by atoms with van der Waals surface area (Å²) in [4.78, 5) is 10.9. The van der Waals surface area contributed by atoms with Gasteiger partial charge in [0.2, 0.25) is 5.95 Å². The number of rotatable bonds is 3. The molecule has 3 rings (SSSR count). The average molecular weight is 344 g/mol. The maximum absolute atomic E-state index is 5.48. The molecule has 0 spiro atoms. The topological polar surface area (TPSA) is 67.1 Å². The van der Waals surface area contributed by atoms with E-state index in [1.807, 2.05) is 60.5 Å². The fourth-order valence-corrected chi connectivity index (χ4v) is 2.74. The zero-order valence-corrected chi connectivity index (χ0v) is 13.0. The number of nitrogens with two attached hydrogens (primary N) is 1. The summed E-state index contributed by atoms with van der Waals surface area (Å²) in [5, 5.41) is 0.947. The van der Waals surface area contributed by atoms with Gasteiger partial charge in [-0.05, 0) is 40.2 Å². The number of anilines is 3. The van der Waals surface area contributed by atoms with E-state index in [1.165, 1.54) is 0 Å². The predicted octanol–water partition coefficient (Wildman–Crippen LogP) is 3.45. The van der Waals surface area contributed by atoms with Crippen LogP contribution in [-0.2, 0) is 0 Å². The van der Waals surface area contributed by atoms with Gasteiger partial charge in [-0.25, -0.2) is 10.8 Å². The van der Waals surface area contributed by atoms with Crippen LogP contribution in [0.5, 0.6) is 0 Å². The quantitative estimate of drug-likeness (QED) is 0.563. The van der Waals surface area contributed by atoms with Crippen LogP contribution in [0.25, 0.3) is 10.9 Å². The van der Waals surface area contributed by atoms with Gasteiger partial charge in [-0.3, -0.25) is 5.43 Å². The fourth-order valence-electron chi connectivity index (χ4n) is 2.20. The summed E-state index contributed by atoms with van der Waals surface area (Å²) in [7, 11) is 1.97. The maximum Gasteiger partial charge on any atom is 0.239 e. The van der Waals surface area contributed by atoms with E-state index in [0.717, 1.165) is 26.9 Å². The molecule has 0 amide bonds. The molecule has 0 bridgehead atoms. The monoisotopic (exact) mass is 343 g/mol. The highest BCUT2D eigenvalue weighted by Gasteiger charge is 2.14. The van der Waals surface area contributed by atoms with Gasteiger partial charge in [0.25, 0.3) is 0 Å². The van der Waals surface area contributed by atoms with Gasteiger partial charge in [0.1, 0.15) is 5.82 Å². The molecule has 6 heteroatoms. The van der Waals surface area contributed by atoms with Crippen LogP contribution in [-0.4, -0.2) is 17.0 Å². The van der Waals surface area contributed by atoms with Gasteiger partial charge in [0, 0.05) is 17.2 Å². The number of benzene rings is 2. The van der Waals surface area contributed by atoms with Crippen molar-refractivity contribution in [3.8, 4) is 0 Å². The van der Waals surface area contributed by atoms with E-state index in [9.17, 15) is 0 Å². The predicted molar refractivity (Wildman–Crippen MR) is 89.6 cm³/mol. The molecule has 1 heterocycles. The Balaban J connectivity index is 2.25. The van der Waals surface area contributed by atoms with Gasteiger partial charge in [-0.15, -0.1) is 0 Å². The molecular formula is C15H14BrN5. The molecule has 0 radical (unpaired) electrons. The minimum atomic E-state index is 0.387. The SMILES string of the molecule is CN(c1ccccc1)c1nc(NN)nc2cccc(Br)c12. The van der Waals surface area contributed by atoms with E-state index >= 15 is 0 Å². The number of hydrogen-bond acceptors (Lipinski definition) is 5. The lowest BCUT2D eigenvalue weighted by Crippen LogP contribution is -2.16. The molecule has 0 fully saturated rings. The molecule has 3 aromatic rings. The molecule has 0 atom stereocenters. The molecule has 5 nitrogen and oxygen atoms in total. The summed E-state index contributed by atoms with van der Waals surface area (Å²) in [5.74, 6) is 6.65. The fraction of sp³-hybridized carbons (Fsp3) is 0.0667. The van der Waals surface area contributed by atoms with Gasteiger partial charge >= 0.3 is 0 Å². The van der Waals surface area contributed by atoms with Crippen LogP contribution in [0.1, 0.15) is 0 Å². The van der Waals surface area contributed by atoms with Gasteiger partial charge in [0.05, 0.1) is 10.9 Å². The smallest absolute Gasteiger partial charge is 0.239 e. The highest BCUT2D eigenvalue weighted by atomic mass is 79.9. The van der Waals surface area contributed by atoms with E-state index in [2.05, 4.69) is 31.3 Å². The number of hydrogen-bond donors (Lipinski definition) is 2. The Morgan fingerprint density at radius 2 is 1.81 bits per heavy atom. The summed E-state index contributed by atoms with van der Waals surface area (Å²) in [6, 6.07) is 15.9. The lowest BCUT2D eigenvalue weighted by atomic mass is 10.2. The Kier molecular flexibility index (Phi) is 3.72. The number of fused-ring (bicyclic) bond motifs is 1. The van der Waals surface area contributed by atoms with Gasteiger partial charge in [-0.2, -0.15) is 4.98 Å². The molecule has 0 aliphatic heterocycles. The summed E-state index contributed by atoms with van der Waals surface area (Å²) in [6.45, 7) is 0. The number of halogens is 1. The van der Waals surface area contributed by atoms with Gasteiger partial charge < -0.3 is 4.90 Å². The van der Waals surface area contributed by atoms with E-state index in [-0.39, 0.29) is 0 Å². The number of hydrazine groups is 1. The molecule has 106 valence electrons. The van der Waals surface area contributed by atoms with Crippen molar-refractivity contribution in [1.29, 1.82) is 0 Å². The number of aromatic nitrogens is 2. The van der Waals surface area contributed by atoms with Crippen molar-refractivity contribution >= 4 is 44.3 Å². The third kappa shape index (κ3) is 2.55. The van der Waals surface area contributed by atoms with Crippen molar-refractivity contribution < 1.29 is 0 Å². The number of nitrogens with zero attached hydrogens (tertiary/aromatic N) is 3. The van der Waals surface area contributed by atoms with Crippen molar-refractivity contribution in [2.24, 2.45) is 5.84 Å². The molecule has 2 aromatic carbocycles. The zero-order valence-electron chi connectivity index (χ0n) is 11.4. The lowest BCUT2D eigenvalue weighted by molar-refractivity contribution is 1.09. The second-order valence-corrected chi connectivity index (χ2v) is 5.40. The summed E-state index contributed by atoms with van der Waals surface area (Å²) in [6.07, 6.45) is 0. The van der Waals surface area contributed by atoms with E-state index in [1.54, 1.807) is 0 Å². The Hall–Kier alpha value is -2.18. The first kappa shape index (κ1) is 13.8. The van der Waals surface area contributed by atoms with Crippen LogP contribution in [0, 0.1) is 0 Å². The summed E-state index contributed by atoms with van der Waals surface area (Å²) >= 11 is 3.58. The summed E-state index contributed by atoms with van der Waals surface area (Å²) < 4.78 is 0.946. The summed E-state index contributed by atoms with van der Waals surface area (Å²) in [5.41, 5.74) is 4.38. The van der Waals surface area contributed by atoms with Crippen molar-refractivity contribution in [1.82, 2.24) is 9.97 Å². The van der Waals surface area contributed by atoms with Crippen LogP contribution >= 0.6 is 15.9 Å². The first-order valence-electron chi connectivity index (χ1n) is 6.42. The Labute approximate surface area is 130 Å². The molecule has 3 N–H and O–H groups in total. The van der Waals surface area contributed by atoms with Gasteiger partial charge in [0.15, 0.2) is 0 Å². The third-order valence-electron chi connectivity index (χ3n) is 3.24. The Bertz CT molecular complexity index is 776. The number of nitrogen functional groups attached to an aromatic ring is 1. The molecule has 21 heavy (non-hydrogen) atoms. The van der Waals surface area contributed by atoms with Crippen molar-refractivity contribution in [3.63, 3.8) is 0 Å². The number of para-hydroxylation sites is 1.